The minimum absolute atomic E-state index is 0.171. The first-order valence-corrected chi connectivity index (χ1v) is 7.93. The van der Waals surface area contributed by atoms with Crippen molar-refractivity contribution < 1.29 is 9.53 Å². The number of nitrogens with one attached hydrogen (secondary N) is 1. The minimum Gasteiger partial charge on any atom is -0.495 e. The van der Waals surface area contributed by atoms with Crippen LogP contribution in [-0.2, 0) is 0 Å². The van der Waals surface area contributed by atoms with Gasteiger partial charge in [0.15, 0.2) is 0 Å². The number of allylic oxidation sites excluding steroid dienone is 1. The lowest BCUT2D eigenvalue weighted by molar-refractivity contribution is 0.102. The summed E-state index contributed by atoms with van der Waals surface area (Å²) in [6.45, 7) is 2.14. The van der Waals surface area contributed by atoms with E-state index in [1.807, 2.05) is 24.3 Å². The molecule has 1 N–H and O–H groups in total. The highest BCUT2D eigenvalue weighted by atomic mass is 35.5. The van der Waals surface area contributed by atoms with Crippen LogP contribution >= 0.6 is 11.6 Å². The van der Waals surface area contributed by atoms with Crippen LogP contribution in [0.25, 0.3) is 6.08 Å². The SMILES string of the molecule is CCCC=Cc1ccc(C(=O)Nc2ccc(OC)c(Cl)c2)cc1. The Hall–Kier alpha value is -2.26. The smallest absolute Gasteiger partial charge is 0.255 e. The largest absolute Gasteiger partial charge is 0.495 e. The Bertz CT molecular complexity index is 693. The Kier molecular flexibility index (Phi) is 6.24. The summed E-state index contributed by atoms with van der Waals surface area (Å²) in [6, 6.07) is 12.6. The molecule has 0 spiro atoms. The van der Waals surface area contributed by atoms with Gasteiger partial charge in [-0.3, -0.25) is 4.79 Å². The predicted molar refractivity (Wildman–Crippen MR) is 96.3 cm³/mol. The third kappa shape index (κ3) is 4.86. The normalized spacial score (nSPS) is 10.7. The van der Waals surface area contributed by atoms with Crippen molar-refractivity contribution in [2.45, 2.75) is 19.8 Å². The fraction of sp³-hybridized carbons (Fsp3) is 0.211. The van der Waals surface area contributed by atoms with Crippen LogP contribution in [0.4, 0.5) is 5.69 Å². The van der Waals surface area contributed by atoms with E-state index in [0.717, 1.165) is 18.4 Å². The molecule has 23 heavy (non-hydrogen) atoms. The van der Waals surface area contributed by atoms with Gasteiger partial charge in [-0.2, -0.15) is 0 Å². The van der Waals surface area contributed by atoms with Gasteiger partial charge in [0.05, 0.1) is 12.1 Å². The second-order valence-electron chi connectivity index (χ2n) is 5.12. The lowest BCUT2D eigenvalue weighted by Crippen LogP contribution is -2.11. The molecule has 0 aliphatic rings. The Balaban J connectivity index is 2.04. The number of benzene rings is 2. The van der Waals surface area contributed by atoms with Gasteiger partial charge >= 0.3 is 0 Å². The molecular weight excluding hydrogens is 310 g/mol. The topological polar surface area (TPSA) is 38.3 Å². The summed E-state index contributed by atoms with van der Waals surface area (Å²) in [7, 11) is 1.55. The Morgan fingerprint density at radius 2 is 1.96 bits per heavy atom. The van der Waals surface area contributed by atoms with Crippen LogP contribution in [0.2, 0.25) is 5.02 Å². The van der Waals surface area contributed by atoms with Crippen molar-refractivity contribution in [2.75, 3.05) is 12.4 Å². The fourth-order valence-electron chi connectivity index (χ4n) is 2.08. The van der Waals surface area contributed by atoms with Gasteiger partial charge in [-0.1, -0.05) is 49.2 Å². The van der Waals surface area contributed by atoms with E-state index in [-0.39, 0.29) is 5.91 Å². The van der Waals surface area contributed by atoms with E-state index in [2.05, 4.69) is 24.4 Å². The van der Waals surface area contributed by atoms with Crippen molar-refractivity contribution in [3.63, 3.8) is 0 Å². The van der Waals surface area contributed by atoms with E-state index < -0.39 is 0 Å². The van der Waals surface area contributed by atoms with Crippen molar-refractivity contribution in [3.8, 4) is 5.75 Å². The first-order valence-electron chi connectivity index (χ1n) is 7.55. The molecule has 2 aromatic rings. The zero-order chi connectivity index (χ0) is 16.7. The maximum Gasteiger partial charge on any atom is 0.255 e. The third-order valence-corrected chi connectivity index (χ3v) is 3.64. The van der Waals surface area contributed by atoms with Gasteiger partial charge in [0.1, 0.15) is 5.75 Å². The molecule has 0 bridgehead atoms. The number of halogens is 1. The van der Waals surface area contributed by atoms with Crippen LogP contribution in [0.3, 0.4) is 0 Å². The van der Waals surface area contributed by atoms with E-state index in [4.69, 9.17) is 16.3 Å². The molecule has 1 amide bonds. The average molecular weight is 330 g/mol. The summed E-state index contributed by atoms with van der Waals surface area (Å²) >= 11 is 6.06. The van der Waals surface area contributed by atoms with Crippen molar-refractivity contribution in [2.24, 2.45) is 0 Å². The number of rotatable bonds is 6. The zero-order valence-corrected chi connectivity index (χ0v) is 14.1. The molecule has 0 saturated carbocycles. The second-order valence-corrected chi connectivity index (χ2v) is 5.52. The molecule has 0 heterocycles. The Morgan fingerprint density at radius 3 is 2.57 bits per heavy atom. The van der Waals surface area contributed by atoms with E-state index in [1.165, 1.54) is 0 Å². The van der Waals surface area contributed by atoms with Gasteiger partial charge in [0.2, 0.25) is 0 Å². The molecule has 0 radical (unpaired) electrons. The van der Waals surface area contributed by atoms with Crippen LogP contribution in [0.5, 0.6) is 5.75 Å². The summed E-state index contributed by atoms with van der Waals surface area (Å²) in [5.41, 5.74) is 2.32. The van der Waals surface area contributed by atoms with Gasteiger partial charge < -0.3 is 10.1 Å². The maximum atomic E-state index is 12.2. The molecule has 0 aliphatic carbocycles. The number of methoxy groups -OCH3 is 1. The zero-order valence-electron chi connectivity index (χ0n) is 13.3. The number of amides is 1. The molecule has 0 aromatic heterocycles. The molecule has 3 nitrogen and oxygen atoms in total. The first kappa shape index (κ1) is 17.1. The van der Waals surface area contributed by atoms with Crippen molar-refractivity contribution >= 4 is 29.3 Å². The molecule has 0 saturated heterocycles. The van der Waals surface area contributed by atoms with Crippen LogP contribution < -0.4 is 10.1 Å². The quantitative estimate of drug-likeness (QED) is 0.769. The molecule has 2 aromatic carbocycles. The summed E-state index contributed by atoms with van der Waals surface area (Å²) in [5.74, 6) is 0.406. The lowest BCUT2D eigenvalue weighted by atomic mass is 10.1. The maximum absolute atomic E-state index is 12.2. The number of hydrogen-bond donors (Lipinski definition) is 1. The molecule has 0 unspecified atom stereocenters. The van der Waals surface area contributed by atoms with Crippen molar-refractivity contribution in [1.29, 1.82) is 0 Å². The Morgan fingerprint density at radius 1 is 1.22 bits per heavy atom. The second kappa shape index (κ2) is 8.39. The predicted octanol–water partition coefficient (Wildman–Crippen LogP) is 5.41. The molecule has 0 fully saturated rings. The monoisotopic (exact) mass is 329 g/mol. The van der Waals surface area contributed by atoms with Gasteiger partial charge in [-0.05, 0) is 42.3 Å². The standard InChI is InChI=1S/C19H20ClNO2/c1-3-4-5-6-14-7-9-15(10-8-14)19(22)21-16-11-12-18(23-2)17(20)13-16/h5-13H,3-4H2,1-2H3,(H,21,22). The number of anilines is 1. The lowest BCUT2D eigenvalue weighted by Gasteiger charge is -2.08. The summed E-state index contributed by atoms with van der Waals surface area (Å²) in [4.78, 5) is 12.2. The molecule has 0 aliphatic heterocycles. The number of unbranched alkanes of at least 4 members (excludes halogenated alkanes) is 1. The van der Waals surface area contributed by atoms with Gasteiger partial charge in [-0.15, -0.1) is 0 Å². The molecule has 120 valence electrons. The molecule has 4 heteroatoms. The summed E-state index contributed by atoms with van der Waals surface area (Å²) in [5, 5.41) is 3.29. The fourth-order valence-corrected chi connectivity index (χ4v) is 2.34. The van der Waals surface area contributed by atoms with Crippen LogP contribution in [0.15, 0.2) is 48.5 Å². The minimum atomic E-state index is -0.171. The first-order chi connectivity index (χ1) is 11.1. The number of carbonyl (C=O) groups is 1. The third-order valence-electron chi connectivity index (χ3n) is 3.35. The van der Waals surface area contributed by atoms with E-state index in [9.17, 15) is 4.79 Å². The average Bonchev–Trinajstić information content (AvgIpc) is 2.56. The van der Waals surface area contributed by atoms with Crippen LogP contribution in [-0.4, -0.2) is 13.0 Å². The van der Waals surface area contributed by atoms with Crippen LogP contribution in [0, 0.1) is 0 Å². The highest BCUT2D eigenvalue weighted by molar-refractivity contribution is 6.32. The molecule has 0 atom stereocenters. The van der Waals surface area contributed by atoms with Crippen molar-refractivity contribution in [1.82, 2.24) is 0 Å². The van der Waals surface area contributed by atoms with Crippen LogP contribution in [0.1, 0.15) is 35.7 Å². The number of ether oxygens (including phenoxy) is 1. The molecule has 2 rings (SSSR count). The van der Waals surface area contributed by atoms with Gasteiger partial charge in [-0.25, -0.2) is 0 Å². The van der Waals surface area contributed by atoms with Gasteiger partial charge in [0, 0.05) is 11.3 Å². The van der Waals surface area contributed by atoms with E-state index >= 15 is 0 Å². The highest BCUT2D eigenvalue weighted by Gasteiger charge is 2.07. The number of hydrogen-bond acceptors (Lipinski definition) is 2. The van der Waals surface area contributed by atoms with Crippen molar-refractivity contribution in [3.05, 3.63) is 64.7 Å². The van der Waals surface area contributed by atoms with E-state index in [1.54, 1.807) is 25.3 Å². The Labute approximate surface area is 141 Å². The number of carbonyl (C=O) groups excluding carboxylic acids is 1. The summed E-state index contributed by atoms with van der Waals surface area (Å²) < 4.78 is 5.09. The van der Waals surface area contributed by atoms with E-state index in [0.29, 0.717) is 22.0 Å². The molecular formula is C19H20ClNO2. The van der Waals surface area contributed by atoms with Gasteiger partial charge in [0.25, 0.3) is 5.91 Å². The highest BCUT2D eigenvalue weighted by Crippen LogP contribution is 2.27. The summed E-state index contributed by atoms with van der Waals surface area (Å²) in [6.07, 6.45) is 6.38.